The molecule has 3 saturated carbocycles. The lowest BCUT2D eigenvalue weighted by atomic mass is 9.57. The summed E-state index contributed by atoms with van der Waals surface area (Å²) in [5, 5.41) is 19.7. The van der Waals surface area contributed by atoms with E-state index in [9.17, 15) is 15.0 Å². The molecule has 0 aromatic carbocycles. The van der Waals surface area contributed by atoms with Gasteiger partial charge in [0.1, 0.15) is 6.10 Å². The van der Waals surface area contributed by atoms with E-state index in [-0.39, 0.29) is 17.8 Å². The third kappa shape index (κ3) is 1.82. The summed E-state index contributed by atoms with van der Waals surface area (Å²) in [6.07, 6.45) is 8.31. The van der Waals surface area contributed by atoms with Gasteiger partial charge in [-0.15, -0.1) is 0 Å². The molecule has 4 aliphatic rings. The minimum atomic E-state index is -0.692. The molecule has 20 heavy (non-hydrogen) atoms. The fraction of sp³-hybridized carbons (Fsp3) is 0.824. The van der Waals surface area contributed by atoms with E-state index in [0.29, 0.717) is 30.1 Å². The zero-order valence-electron chi connectivity index (χ0n) is 11.9. The smallest absolute Gasteiger partial charge is 0.164 e. The molecule has 0 saturated heterocycles. The predicted octanol–water partition coefficient (Wildman–Crippen LogP) is 2.07. The lowest BCUT2D eigenvalue weighted by molar-refractivity contribution is -0.129. The summed E-state index contributed by atoms with van der Waals surface area (Å²) in [6.45, 7) is 0. The molecule has 0 amide bonds. The average Bonchev–Trinajstić information content (AvgIpc) is 2.74. The molecule has 4 aliphatic carbocycles. The highest BCUT2D eigenvalue weighted by atomic mass is 16.3. The SMILES string of the molecule is O=C1C2CCC3C4CC[C@H](O)CC4=CCC3C2C[C@H]1O. The quantitative estimate of drug-likeness (QED) is 0.666. The van der Waals surface area contributed by atoms with Crippen LogP contribution in [-0.2, 0) is 4.79 Å². The number of hydrogen-bond acceptors (Lipinski definition) is 3. The number of fused-ring (bicyclic) bond motifs is 5. The lowest BCUT2D eigenvalue weighted by Gasteiger charge is -2.48. The molecule has 0 heterocycles. The summed E-state index contributed by atoms with van der Waals surface area (Å²) in [6, 6.07) is 0. The Kier molecular flexibility index (Phi) is 3.04. The van der Waals surface area contributed by atoms with Crippen molar-refractivity contribution in [3.63, 3.8) is 0 Å². The first-order chi connectivity index (χ1) is 9.65. The molecule has 0 aromatic heterocycles. The standard InChI is InChI=1S/C17H24O3/c18-10-2-4-11-9(7-10)1-3-13-12(11)5-6-14-15(13)8-16(19)17(14)20/h1,10-16,18-19H,2-8H2/t10-,11?,12?,13?,14?,15?,16+/m0/s1. The van der Waals surface area contributed by atoms with Crippen LogP contribution < -0.4 is 0 Å². The first-order valence-electron chi connectivity index (χ1n) is 8.24. The van der Waals surface area contributed by atoms with Gasteiger partial charge in [0.15, 0.2) is 5.78 Å². The van der Waals surface area contributed by atoms with Gasteiger partial charge in [-0.25, -0.2) is 0 Å². The van der Waals surface area contributed by atoms with Crippen LogP contribution in [-0.4, -0.2) is 28.2 Å². The molecule has 4 rings (SSSR count). The minimum Gasteiger partial charge on any atom is -0.393 e. The van der Waals surface area contributed by atoms with Gasteiger partial charge in [0.25, 0.3) is 0 Å². The Morgan fingerprint density at radius 1 is 0.950 bits per heavy atom. The molecule has 0 aliphatic heterocycles. The van der Waals surface area contributed by atoms with Gasteiger partial charge in [0.05, 0.1) is 6.10 Å². The molecule has 110 valence electrons. The van der Waals surface area contributed by atoms with E-state index in [2.05, 4.69) is 6.08 Å². The molecule has 3 heteroatoms. The number of carbonyl (C=O) groups excluding carboxylic acids is 1. The number of aliphatic hydroxyl groups excluding tert-OH is 2. The second-order valence-corrected chi connectivity index (χ2v) is 7.39. The summed E-state index contributed by atoms with van der Waals surface area (Å²) in [4.78, 5) is 12.0. The van der Waals surface area contributed by atoms with Crippen molar-refractivity contribution in [1.29, 1.82) is 0 Å². The summed E-state index contributed by atoms with van der Waals surface area (Å²) < 4.78 is 0. The van der Waals surface area contributed by atoms with E-state index >= 15 is 0 Å². The van der Waals surface area contributed by atoms with Crippen LogP contribution in [0.2, 0.25) is 0 Å². The zero-order valence-corrected chi connectivity index (χ0v) is 11.9. The Labute approximate surface area is 120 Å². The van der Waals surface area contributed by atoms with Crippen molar-refractivity contribution in [2.45, 2.75) is 57.2 Å². The number of ketones is 1. The maximum atomic E-state index is 12.0. The Morgan fingerprint density at radius 3 is 2.60 bits per heavy atom. The van der Waals surface area contributed by atoms with Gasteiger partial charge < -0.3 is 10.2 Å². The van der Waals surface area contributed by atoms with Gasteiger partial charge >= 0.3 is 0 Å². The molecule has 3 fully saturated rings. The van der Waals surface area contributed by atoms with Gasteiger partial charge in [-0.05, 0) is 68.6 Å². The maximum Gasteiger partial charge on any atom is 0.164 e. The highest BCUT2D eigenvalue weighted by molar-refractivity contribution is 5.87. The van der Waals surface area contributed by atoms with Crippen LogP contribution in [0.3, 0.4) is 0 Å². The number of allylic oxidation sites excluding steroid dienone is 1. The highest BCUT2D eigenvalue weighted by Crippen LogP contribution is 2.55. The van der Waals surface area contributed by atoms with E-state index < -0.39 is 6.10 Å². The van der Waals surface area contributed by atoms with Gasteiger partial charge in [0, 0.05) is 5.92 Å². The molecule has 0 radical (unpaired) electrons. The van der Waals surface area contributed by atoms with Crippen molar-refractivity contribution < 1.29 is 15.0 Å². The third-order valence-electron chi connectivity index (χ3n) is 6.54. The fourth-order valence-electron chi connectivity index (χ4n) is 5.67. The van der Waals surface area contributed by atoms with Crippen molar-refractivity contribution >= 4 is 5.78 Å². The summed E-state index contributed by atoms with van der Waals surface area (Å²) in [5.74, 6) is 2.60. The van der Waals surface area contributed by atoms with E-state index in [1.807, 2.05) is 0 Å². The molecule has 5 unspecified atom stereocenters. The second-order valence-electron chi connectivity index (χ2n) is 7.39. The van der Waals surface area contributed by atoms with Crippen LogP contribution >= 0.6 is 0 Å². The van der Waals surface area contributed by atoms with E-state index in [0.717, 1.165) is 38.5 Å². The van der Waals surface area contributed by atoms with E-state index in [1.165, 1.54) is 5.57 Å². The van der Waals surface area contributed by atoms with Gasteiger partial charge in [-0.1, -0.05) is 11.6 Å². The monoisotopic (exact) mass is 276 g/mol. The van der Waals surface area contributed by atoms with Crippen LogP contribution in [0, 0.1) is 29.6 Å². The average molecular weight is 276 g/mol. The van der Waals surface area contributed by atoms with Crippen LogP contribution in [0.4, 0.5) is 0 Å². The van der Waals surface area contributed by atoms with Crippen LogP contribution in [0.5, 0.6) is 0 Å². The molecular weight excluding hydrogens is 252 g/mol. The molecule has 0 aromatic rings. The third-order valence-corrected chi connectivity index (χ3v) is 6.54. The van der Waals surface area contributed by atoms with Crippen molar-refractivity contribution in [3.8, 4) is 0 Å². The second kappa shape index (κ2) is 4.67. The van der Waals surface area contributed by atoms with Crippen LogP contribution in [0.1, 0.15) is 44.9 Å². The normalized spacial score (nSPS) is 51.0. The van der Waals surface area contributed by atoms with Crippen molar-refractivity contribution in [3.05, 3.63) is 11.6 Å². The summed E-state index contributed by atoms with van der Waals surface area (Å²) >= 11 is 0. The molecule has 0 spiro atoms. The lowest BCUT2D eigenvalue weighted by Crippen LogP contribution is -2.41. The number of aliphatic hydroxyl groups is 2. The maximum absolute atomic E-state index is 12.0. The summed E-state index contributed by atoms with van der Waals surface area (Å²) in [7, 11) is 0. The topological polar surface area (TPSA) is 57.5 Å². The van der Waals surface area contributed by atoms with E-state index in [1.54, 1.807) is 0 Å². The first-order valence-corrected chi connectivity index (χ1v) is 8.24. The van der Waals surface area contributed by atoms with Crippen LogP contribution in [0.15, 0.2) is 11.6 Å². The van der Waals surface area contributed by atoms with Crippen molar-refractivity contribution in [2.24, 2.45) is 29.6 Å². The highest BCUT2D eigenvalue weighted by Gasteiger charge is 2.52. The molecule has 0 bridgehead atoms. The Hall–Kier alpha value is -0.670. The van der Waals surface area contributed by atoms with Crippen molar-refractivity contribution in [1.82, 2.24) is 0 Å². The van der Waals surface area contributed by atoms with Gasteiger partial charge in [-0.2, -0.15) is 0 Å². The first kappa shape index (κ1) is 13.0. The predicted molar refractivity (Wildman–Crippen MR) is 74.9 cm³/mol. The largest absolute Gasteiger partial charge is 0.393 e. The zero-order chi connectivity index (χ0) is 13.9. The number of rotatable bonds is 0. The Morgan fingerprint density at radius 2 is 1.75 bits per heavy atom. The summed E-state index contributed by atoms with van der Waals surface area (Å²) in [5.41, 5.74) is 1.48. The molecule has 7 atom stereocenters. The number of carbonyl (C=O) groups is 1. The number of Topliss-reactive ketones (excluding diaryl/α,β-unsaturated/α-hetero) is 1. The minimum absolute atomic E-state index is 0.113. The molecular formula is C17H24O3. The number of hydrogen-bond donors (Lipinski definition) is 2. The van der Waals surface area contributed by atoms with E-state index in [4.69, 9.17) is 0 Å². The molecule has 2 N–H and O–H groups in total. The van der Waals surface area contributed by atoms with Gasteiger partial charge in [0.2, 0.25) is 0 Å². The Balaban J connectivity index is 1.60. The Bertz CT molecular complexity index is 455. The van der Waals surface area contributed by atoms with Crippen LogP contribution in [0.25, 0.3) is 0 Å². The fourth-order valence-corrected chi connectivity index (χ4v) is 5.67. The van der Waals surface area contributed by atoms with Gasteiger partial charge in [-0.3, -0.25) is 4.79 Å². The molecule has 3 nitrogen and oxygen atoms in total. The van der Waals surface area contributed by atoms with Crippen molar-refractivity contribution in [2.75, 3.05) is 0 Å².